The maximum atomic E-state index is 10.1. The summed E-state index contributed by atoms with van der Waals surface area (Å²) in [5.74, 6) is 1.23. The maximum absolute atomic E-state index is 10.1. The molecule has 16 heavy (non-hydrogen) atoms. The largest absolute Gasteiger partial charge is 0.392 e. The zero-order chi connectivity index (χ0) is 11.5. The first-order valence-corrected chi connectivity index (χ1v) is 6.00. The third-order valence-corrected chi connectivity index (χ3v) is 3.31. The van der Waals surface area contributed by atoms with Crippen LogP contribution in [0.4, 0.5) is 0 Å². The van der Waals surface area contributed by atoms with Crippen LogP contribution in [0.5, 0.6) is 0 Å². The van der Waals surface area contributed by atoms with E-state index in [4.69, 9.17) is 4.74 Å². The van der Waals surface area contributed by atoms with Crippen LogP contribution in [-0.4, -0.2) is 33.5 Å². The van der Waals surface area contributed by atoms with E-state index in [1.807, 2.05) is 6.20 Å². The van der Waals surface area contributed by atoms with Crippen LogP contribution in [0.2, 0.25) is 0 Å². The van der Waals surface area contributed by atoms with Crippen LogP contribution in [0.3, 0.4) is 0 Å². The molecule has 1 aromatic heterocycles. The molecule has 4 nitrogen and oxygen atoms in total. The first kappa shape index (κ1) is 11.6. The molecule has 1 aliphatic rings. The highest BCUT2D eigenvalue weighted by atomic mass is 16.5. The molecular formula is C12H20N2O2. The van der Waals surface area contributed by atoms with Gasteiger partial charge in [-0.05, 0) is 20.3 Å². The zero-order valence-corrected chi connectivity index (χ0v) is 9.97. The lowest BCUT2D eigenvalue weighted by Crippen LogP contribution is -2.24. The smallest absolute Gasteiger partial charge is 0.111 e. The zero-order valence-electron chi connectivity index (χ0n) is 9.97. The van der Waals surface area contributed by atoms with Crippen molar-refractivity contribution in [1.82, 2.24) is 9.55 Å². The summed E-state index contributed by atoms with van der Waals surface area (Å²) >= 11 is 0. The van der Waals surface area contributed by atoms with Crippen LogP contribution in [0, 0.1) is 5.92 Å². The molecule has 0 aliphatic carbocycles. The van der Waals surface area contributed by atoms with Crippen molar-refractivity contribution < 1.29 is 9.84 Å². The Bertz CT molecular complexity index is 338. The summed E-state index contributed by atoms with van der Waals surface area (Å²) in [5.41, 5.74) is 0. The Balaban J connectivity index is 1.94. The molecule has 0 radical (unpaired) electrons. The third-order valence-electron chi connectivity index (χ3n) is 3.31. The Labute approximate surface area is 96.3 Å². The van der Waals surface area contributed by atoms with Crippen molar-refractivity contribution in [3.05, 3.63) is 18.2 Å². The normalized spacial score (nSPS) is 27.2. The number of rotatable bonds is 4. The fourth-order valence-electron chi connectivity index (χ4n) is 2.29. The van der Waals surface area contributed by atoms with Gasteiger partial charge in [0.15, 0.2) is 0 Å². The Morgan fingerprint density at radius 1 is 1.69 bits per heavy atom. The molecule has 3 atom stereocenters. The van der Waals surface area contributed by atoms with Gasteiger partial charge in [-0.3, -0.25) is 0 Å². The molecule has 0 amide bonds. The molecule has 0 aromatic carbocycles. The molecule has 1 aliphatic heterocycles. The molecule has 0 spiro atoms. The number of aryl methyl sites for hydroxylation is 1. The van der Waals surface area contributed by atoms with Crippen molar-refractivity contribution in [3.63, 3.8) is 0 Å². The summed E-state index contributed by atoms with van der Waals surface area (Å²) in [6.45, 7) is 5.72. The van der Waals surface area contributed by atoms with E-state index in [9.17, 15) is 5.11 Å². The topological polar surface area (TPSA) is 47.3 Å². The minimum Gasteiger partial charge on any atom is -0.392 e. The lowest BCUT2D eigenvalue weighted by molar-refractivity contribution is 0.0791. The summed E-state index contributed by atoms with van der Waals surface area (Å²) < 4.78 is 7.55. The van der Waals surface area contributed by atoms with Crippen LogP contribution >= 0.6 is 0 Å². The highest BCUT2D eigenvalue weighted by molar-refractivity contribution is 4.95. The second kappa shape index (κ2) is 4.97. The SMILES string of the molecule is CCn1ccnc1CC(O)C1COC(C)C1. The second-order valence-electron chi connectivity index (χ2n) is 4.54. The standard InChI is InChI=1S/C12H20N2O2/c1-3-14-5-4-13-12(14)7-11(15)10-6-9(2)16-8-10/h4-5,9-11,15H,3,6-8H2,1-2H3. The summed E-state index contributed by atoms with van der Waals surface area (Å²) in [4.78, 5) is 4.28. The molecular weight excluding hydrogens is 204 g/mol. The average Bonchev–Trinajstić information content (AvgIpc) is 2.86. The van der Waals surface area contributed by atoms with Gasteiger partial charge in [0.1, 0.15) is 5.82 Å². The van der Waals surface area contributed by atoms with Crippen molar-refractivity contribution in [2.45, 2.75) is 45.4 Å². The van der Waals surface area contributed by atoms with Crippen molar-refractivity contribution >= 4 is 0 Å². The Kier molecular flexibility index (Phi) is 3.61. The molecule has 4 heteroatoms. The van der Waals surface area contributed by atoms with E-state index in [2.05, 4.69) is 23.4 Å². The van der Waals surface area contributed by atoms with Crippen LogP contribution in [0.15, 0.2) is 12.4 Å². The number of nitrogens with zero attached hydrogens (tertiary/aromatic N) is 2. The summed E-state index contributed by atoms with van der Waals surface area (Å²) in [7, 11) is 0. The second-order valence-corrected chi connectivity index (χ2v) is 4.54. The number of aliphatic hydroxyl groups excluding tert-OH is 1. The van der Waals surface area contributed by atoms with E-state index in [-0.39, 0.29) is 18.1 Å². The Morgan fingerprint density at radius 3 is 3.12 bits per heavy atom. The van der Waals surface area contributed by atoms with Gasteiger partial charge in [0.2, 0.25) is 0 Å². The molecule has 0 bridgehead atoms. The summed E-state index contributed by atoms with van der Waals surface area (Å²) in [6, 6.07) is 0. The maximum Gasteiger partial charge on any atom is 0.111 e. The first-order chi connectivity index (χ1) is 7.70. The highest BCUT2D eigenvalue weighted by Gasteiger charge is 2.29. The number of imidazole rings is 1. The number of aromatic nitrogens is 2. The van der Waals surface area contributed by atoms with Gasteiger partial charge in [-0.15, -0.1) is 0 Å². The van der Waals surface area contributed by atoms with E-state index in [0.717, 1.165) is 18.8 Å². The van der Waals surface area contributed by atoms with Gasteiger partial charge < -0.3 is 14.4 Å². The Hall–Kier alpha value is -0.870. The van der Waals surface area contributed by atoms with Gasteiger partial charge in [-0.1, -0.05) is 0 Å². The van der Waals surface area contributed by atoms with Gasteiger partial charge in [-0.25, -0.2) is 4.98 Å². The molecule has 1 N–H and O–H groups in total. The molecule has 0 saturated carbocycles. The van der Waals surface area contributed by atoms with Crippen molar-refractivity contribution in [3.8, 4) is 0 Å². The Morgan fingerprint density at radius 2 is 2.50 bits per heavy atom. The predicted octanol–water partition coefficient (Wildman–Crippen LogP) is 1.23. The van der Waals surface area contributed by atoms with Gasteiger partial charge in [0.05, 0.1) is 18.8 Å². The van der Waals surface area contributed by atoms with Crippen molar-refractivity contribution in [2.75, 3.05) is 6.61 Å². The minimum absolute atomic E-state index is 0.261. The molecule has 1 saturated heterocycles. The van der Waals surface area contributed by atoms with E-state index in [1.54, 1.807) is 6.20 Å². The fraction of sp³-hybridized carbons (Fsp3) is 0.750. The molecule has 90 valence electrons. The van der Waals surface area contributed by atoms with Crippen LogP contribution in [0.25, 0.3) is 0 Å². The monoisotopic (exact) mass is 224 g/mol. The lowest BCUT2D eigenvalue weighted by Gasteiger charge is -2.16. The number of hydrogen-bond acceptors (Lipinski definition) is 3. The van der Waals surface area contributed by atoms with E-state index in [1.165, 1.54) is 0 Å². The van der Waals surface area contributed by atoms with E-state index >= 15 is 0 Å². The quantitative estimate of drug-likeness (QED) is 0.836. The molecule has 1 aromatic rings. The van der Waals surface area contributed by atoms with Gasteiger partial charge in [-0.2, -0.15) is 0 Å². The molecule has 2 rings (SSSR count). The number of ether oxygens (including phenoxy) is 1. The first-order valence-electron chi connectivity index (χ1n) is 6.00. The van der Waals surface area contributed by atoms with Crippen LogP contribution in [0.1, 0.15) is 26.1 Å². The lowest BCUT2D eigenvalue weighted by atomic mass is 9.97. The predicted molar refractivity (Wildman–Crippen MR) is 61.1 cm³/mol. The third kappa shape index (κ3) is 2.44. The number of aliphatic hydroxyl groups is 1. The minimum atomic E-state index is -0.336. The van der Waals surface area contributed by atoms with Gasteiger partial charge in [0, 0.05) is 31.3 Å². The van der Waals surface area contributed by atoms with E-state index < -0.39 is 0 Å². The van der Waals surface area contributed by atoms with Crippen molar-refractivity contribution in [1.29, 1.82) is 0 Å². The average molecular weight is 224 g/mol. The summed E-state index contributed by atoms with van der Waals surface area (Å²) in [6.07, 6.45) is 5.27. The molecule has 2 heterocycles. The van der Waals surface area contributed by atoms with Gasteiger partial charge in [0.25, 0.3) is 0 Å². The number of hydrogen-bond donors (Lipinski definition) is 1. The van der Waals surface area contributed by atoms with E-state index in [0.29, 0.717) is 13.0 Å². The fourth-order valence-corrected chi connectivity index (χ4v) is 2.29. The summed E-state index contributed by atoms with van der Waals surface area (Å²) in [5, 5.41) is 10.1. The van der Waals surface area contributed by atoms with Crippen LogP contribution in [-0.2, 0) is 17.7 Å². The van der Waals surface area contributed by atoms with Crippen molar-refractivity contribution in [2.24, 2.45) is 5.92 Å². The molecule has 1 fully saturated rings. The molecule has 3 unspecified atom stereocenters. The highest BCUT2D eigenvalue weighted by Crippen LogP contribution is 2.23. The van der Waals surface area contributed by atoms with Gasteiger partial charge >= 0.3 is 0 Å². The van der Waals surface area contributed by atoms with Crippen LogP contribution < -0.4 is 0 Å².